The summed E-state index contributed by atoms with van der Waals surface area (Å²) in [6.07, 6.45) is 1.58. The van der Waals surface area contributed by atoms with E-state index >= 15 is 0 Å². The molecule has 0 aliphatic carbocycles. The smallest absolute Gasteiger partial charge is 0.249 e. The molecule has 6 nitrogen and oxygen atoms in total. The van der Waals surface area contributed by atoms with E-state index in [1.165, 1.54) is 5.56 Å². The van der Waals surface area contributed by atoms with E-state index in [0.717, 1.165) is 22.5 Å². The lowest BCUT2D eigenvalue weighted by Crippen LogP contribution is -2.04. The van der Waals surface area contributed by atoms with Gasteiger partial charge in [0.05, 0.1) is 19.0 Å². The second-order valence-corrected chi connectivity index (χ2v) is 6.37. The number of nitrogens with zero attached hydrogens (tertiary/aromatic N) is 3. The Kier molecular flexibility index (Phi) is 5.23. The molecule has 2 aromatic carbocycles. The van der Waals surface area contributed by atoms with Gasteiger partial charge in [-0.1, -0.05) is 23.7 Å². The second-order valence-electron chi connectivity index (χ2n) is 5.96. The van der Waals surface area contributed by atoms with Crippen molar-refractivity contribution in [2.45, 2.75) is 20.8 Å². The fraction of sp³-hybridized carbons (Fsp3) is 0.211. The Morgan fingerprint density at radius 1 is 1.00 bits per heavy atom. The predicted octanol–water partition coefficient (Wildman–Crippen LogP) is 4.95. The van der Waals surface area contributed by atoms with Crippen molar-refractivity contribution in [2.24, 2.45) is 0 Å². The van der Waals surface area contributed by atoms with Crippen LogP contribution in [0.1, 0.15) is 16.7 Å². The molecule has 0 radical (unpaired) electrons. The molecule has 0 unspecified atom stereocenters. The molecule has 0 amide bonds. The van der Waals surface area contributed by atoms with E-state index in [-0.39, 0.29) is 0 Å². The van der Waals surface area contributed by atoms with Gasteiger partial charge in [-0.3, -0.25) is 0 Å². The summed E-state index contributed by atoms with van der Waals surface area (Å²) < 4.78 is 5.37. The Balaban J connectivity index is 1.86. The summed E-state index contributed by atoms with van der Waals surface area (Å²) in [4.78, 5) is 4.48. The van der Waals surface area contributed by atoms with Gasteiger partial charge in [0.2, 0.25) is 5.95 Å². The number of halogens is 1. The van der Waals surface area contributed by atoms with Crippen molar-refractivity contribution in [1.82, 2.24) is 15.2 Å². The third-order valence-electron chi connectivity index (χ3n) is 4.15. The summed E-state index contributed by atoms with van der Waals surface area (Å²) in [5.41, 5.74) is 5.00. The zero-order valence-corrected chi connectivity index (χ0v) is 15.8. The molecule has 0 saturated heterocycles. The molecule has 0 fully saturated rings. The van der Waals surface area contributed by atoms with Crippen LogP contribution < -0.4 is 15.4 Å². The van der Waals surface area contributed by atoms with Crippen molar-refractivity contribution in [3.8, 4) is 5.75 Å². The maximum atomic E-state index is 6.15. The molecule has 0 atom stereocenters. The van der Waals surface area contributed by atoms with E-state index in [9.17, 15) is 0 Å². The van der Waals surface area contributed by atoms with Crippen LogP contribution in [0.4, 0.5) is 23.1 Å². The number of ether oxygens (including phenoxy) is 1. The molecular formula is C19H20ClN5O. The van der Waals surface area contributed by atoms with Crippen LogP contribution in [0.2, 0.25) is 5.02 Å². The Hall–Kier alpha value is -2.86. The number of aromatic nitrogens is 3. The van der Waals surface area contributed by atoms with E-state index in [0.29, 0.717) is 22.5 Å². The van der Waals surface area contributed by atoms with Gasteiger partial charge in [-0.15, -0.1) is 5.10 Å². The van der Waals surface area contributed by atoms with Gasteiger partial charge >= 0.3 is 0 Å². The number of hydrogen-bond donors (Lipinski definition) is 2. The number of nitrogens with one attached hydrogen (secondary N) is 2. The predicted molar refractivity (Wildman–Crippen MR) is 105 cm³/mol. The van der Waals surface area contributed by atoms with Gasteiger partial charge < -0.3 is 15.4 Å². The standard InChI is InChI=1S/C19H20ClN5O/c1-11-6-5-7-15(13(11)3)22-18-10-21-25-19(24-18)23-16-8-12(2)14(20)9-17(16)26-4/h5-10H,1-4H3,(H2,22,23,24,25). The highest BCUT2D eigenvalue weighted by Gasteiger charge is 2.10. The second kappa shape index (κ2) is 7.58. The third-order valence-corrected chi connectivity index (χ3v) is 4.56. The van der Waals surface area contributed by atoms with E-state index in [1.54, 1.807) is 19.4 Å². The van der Waals surface area contributed by atoms with Crippen LogP contribution in [0, 0.1) is 20.8 Å². The van der Waals surface area contributed by atoms with Crippen LogP contribution in [0.25, 0.3) is 0 Å². The average molecular weight is 370 g/mol. The zero-order chi connectivity index (χ0) is 18.7. The lowest BCUT2D eigenvalue weighted by Gasteiger charge is -2.13. The van der Waals surface area contributed by atoms with Gasteiger partial charge in [0.25, 0.3) is 0 Å². The maximum absolute atomic E-state index is 6.15. The van der Waals surface area contributed by atoms with Crippen molar-refractivity contribution in [2.75, 3.05) is 17.7 Å². The highest BCUT2D eigenvalue weighted by Crippen LogP contribution is 2.32. The van der Waals surface area contributed by atoms with Gasteiger partial charge in [0, 0.05) is 16.8 Å². The molecule has 7 heteroatoms. The first-order valence-corrected chi connectivity index (χ1v) is 8.50. The molecule has 1 aromatic heterocycles. The molecule has 3 rings (SSSR count). The number of anilines is 4. The molecule has 3 aromatic rings. The van der Waals surface area contributed by atoms with Crippen molar-refractivity contribution in [1.29, 1.82) is 0 Å². The molecule has 1 heterocycles. The lowest BCUT2D eigenvalue weighted by molar-refractivity contribution is 0.416. The average Bonchev–Trinajstić information content (AvgIpc) is 2.62. The molecule has 2 N–H and O–H groups in total. The Labute approximate surface area is 157 Å². The molecular weight excluding hydrogens is 350 g/mol. The van der Waals surface area contributed by atoms with E-state index in [4.69, 9.17) is 16.3 Å². The Morgan fingerprint density at radius 3 is 2.58 bits per heavy atom. The summed E-state index contributed by atoms with van der Waals surface area (Å²) in [5.74, 6) is 1.57. The van der Waals surface area contributed by atoms with Crippen LogP contribution in [0.3, 0.4) is 0 Å². The molecule has 0 aliphatic rings. The molecule has 0 saturated carbocycles. The molecule has 134 valence electrons. The summed E-state index contributed by atoms with van der Waals surface area (Å²) >= 11 is 6.15. The van der Waals surface area contributed by atoms with E-state index in [2.05, 4.69) is 45.7 Å². The van der Waals surface area contributed by atoms with Gasteiger partial charge in [-0.2, -0.15) is 10.1 Å². The minimum absolute atomic E-state index is 0.361. The summed E-state index contributed by atoms with van der Waals surface area (Å²) in [7, 11) is 1.59. The first-order valence-electron chi connectivity index (χ1n) is 8.12. The van der Waals surface area contributed by atoms with E-state index in [1.807, 2.05) is 25.1 Å². The molecule has 0 bridgehead atoms. The quantitative estimate of drug-likeness (QED) is 0.663. The van der Waals surface area contributed by atoms with Crippen LogP contribution in [-0.2, 0) is 0 Å². The van der Waals surface area contributed by atoms with E-state index < -0.39 is 0 Å². The van der Waals surface area contributed by atoms with Gasteiger partial charge in [-0.25, -0.2) is 0 Å². The topological polar surface area (TPSA) is 72.0 Å². The SMILES string of the molecule is COc1cc(Cl)c(C)cc1Nc1nncc(Nc2cccc(C)c2C)n1. The van der Waals surface area contributed by atoms with Crippen molar-refractivity contribution >= 4 is 34.7 Å². The molecule has 26 heavy (non-hydrogen) atoms. The van der Waals surface area contributed by atoms with Crippen LogP contribution in [0.5, 0.6) is 5.75 Å². The highest BCUT2D eigenvalue weighted by molar-refractivity contribution is 6.31. The fourth-order valence-corrected chi connectivity index (χ4v) is 2.65. The highest BCUT2D eigenvalue weighted by atomic mass is 35.5. The monoisotopic (exact) mass is 369 g/mol. The largest absolute Gasteiger partial charge is 0.495 e. The summed E-state index contributed by atoms with van der Waals surface area (Å²) in [5, 5.41) is 15.1. The Bertz CT molecular complexity index is 945. The minimum Gasteiger partial charge on any atom is -0.495 e. The van der Waals surface area contributed by atoms with Crippen molar-refractivity contribution in [3.05, 3.63) is 58.2 Å². The normalized spacial score (nSPS) is 10.5. The first-order chi connectivity index (χ1) is 12.5. The first kappa shape index (κ1) is 17.9. The fourth-order valence-electron chi connectivity index (χ4n) is 2.49. The minimum atomic E-state index is 0.361. The summed E-state index contributed by atoms with van der Waals surface area (Å²) in [6.45, 7) is 6.05. The van der Waals surface area contributed by atoms with Crippen molar-refractivity contribution in [3.63, 3.8) is 0 Å². The maximum Gasteiger partial charge on any atom is 0.249 e. The number of aryl methyl sites for hydroxylation is 2. The van der Waals surface area contributed by atoms with Crippen LogP contribution >= 0.6 is 11.6 Å². The third kappa shape index (κ3) is 3.86. The van der Waals surface area contributed by atoms with Crippen LogP contribution in [0.15, 0.2) is 36.5 Å². The molecule has 0 aliphatic heterocycles. The lowest BCUT2D eigenvalue weighted by atomic mass is 10.1. The number of benzene rings is 2. The zero-order valence-electron chi connectivity index (χ0n) is 15.1. The summed E-state index contributed by atoms with van der Waals surface area (Å²) in [6, 6.07) is 9.71. The number of rotatable bonds is 5. The van der Waals surface area contributed by atoms with Crippen molar-refractivity contribution < 1.29 is 4.74 Å². The van der Waals surface area contributed by atoms with Gasteiger partial charge in [0.15, 0.2) is 5.82 Å². The number of methoxy groups -OCH3 is 1. The van der Waals surface area contributed by atoms with Gasteiger partial charge in [0.1, 0.15) is 5.75 Å². The van der Waals surface area contributed by atoms with Crippen LogP contribution in [-0.4, -0.2) is 22.3 Å². The Morgan fingerprint density at radius 2 is 1.81 bits per heavy atom. The number of hydrogen-bond acceptors (Lipinski definition) is 6. The molecule has 0 spiro atoms. The van der Waals surface area contributed by atoms with Gasteiger partial charge in [-0.05, 0) is 49.6 Å².